The van der Waals surface area contributed by atoms with Crippen molar-refractivity contribution in [3.05, 3.63) is 34.8 Å². The maximum Gasteiger partial charge on any atom is 0.132 e. The average molecular weight is 280 g/mol. The van der Waals surface area contributed by atoms with Crippen LogP contribution in [0.15, 0.2) is 29.0 Å². The van der Waals surface area contributed by atoms with Gasteiger partial charge in [0.25, 0.3) is 0 Å². The summed E-state index contributed by atoms with van der Waals surface area (Å²) in [6.45, 7) is 1.02. The van der Waals surface area contributed by atoms with E-state index in [0.717, 1.165) is 35.0 Å². The number of hydrogen-bond acceptors (Lipinski definition) is 2. The van der Waals surface area contributed by atoms with E-state index >= 15 is 0 Å². The maximum absolute atomic E-state index is 4.55. The molecule has 0 amide bonds. The van der Waals surface area contributed by atoms with Gasteiger partial charge in [-0.3, -0.25) is 0 Å². The summed E-state index contributed by atoms with van der Waals surface area (Å²) < 4.78 is 3.09. The molecule has 1 aliphatic rings. The van der Waals surface area contributed by atoms with E-state index in [1.807, 2.05) is 12.1 Å². The fourth-order valence-electron chi connectivity index (χ4n) is 1.91. The van der Waals surface area contributed by atoms with Gasteiger partial charge in [0.2, 0.25) is 0 Å². The highest BCUT2D eigenvalue weighted by Gasteiger charge is 2.20. The smallest absolute Gasteiger partial charge is 0.132 e. The predicted molar refractivity (Wildman–Crippen MR) is 67.6 cm³/mol. The molecule has 0 saturated heterocycles. The summed E-state index contributed by atoms with van der Waals surface area (Å²) in [5.41, 5.74) is 1.14. The highest BCUT2D eigenvalue weighted by molar-refractivity contribution is 9.10. The topological polar surface area (TPSA) is 29.3 Å². The molecular weight excluding hydrogens is 266 g/mol. The van der Waals surface area contributed by atoms with Crippen molar-refractivity contribution in [2.24, 2.45) is 0 Å². The van der Waals surface area contributed by atoms with Gasteiger partial charge in [0, 0.05) is 25.2 Å². The van der Waals surface area contributed by atoms with Crippen molar-refractivity contribution in [1.29, 1.82) is 0 Å². The molecule has 0 aliphatic heterocycles. The highest BCUT2D eigenvalue weighted by atomic mass is 79.9. The van der Waals surface area contributed by atoms with Crippen molar-refractivity contribution in [1.82, 2.24) is 14.7 Å². The van der Waals surface area contributed by atoms with Crippen LogP contribution in [0.25, 0.3) is 5.52 Å². The van der Waals surface area contributed by atoms with Crippen molar-refractivity contribution < 1.29 is 0 Å². The third kappa shape index (κ3) is 1.99. The van der Waals surface area contributed by atoms with Crippen molar-refractivity contribution in [3.63, 3.8) is 0 Å². The van der Waals surface area contributed by atoms with Crippen LogP contribution in [0.2, 0.25) is 0 Å². The van der Waals surface area contributed by atoms with E-state index in [0.29, 0.717) is 0 Å². The minimum Gasteiger partial charge on any atom is -0.314 e. The molecule has 84 valence electrons. The number of halogens is 1. The summed E-state index contributed by atoms with van der Waals surface area (Å²) in [4.78, 5) is 4.55. The SMILES string of the molecule is Brc1nc(CCNC2CC2)n2ccccc12. The highest BCUT2D eigenvalue weighted by Crippen LogP contribution is 2.20. The first kappa shape index (κ1) is 10.3. The van der Waals surface area contributed by atoms with Gasteiger partial charge >= 0.3 is 0 Å². The Morgan fingerprint density at radius 3 is 3.12 bits per heavy atom. The van der Waals surface area contributed by atoms with Crippen LogP contribution >= 0.6 is 15.9 Å². The molecule has 16 heavy (non-hydrogen) atoms. The number of aromatic nitrogens is 2. The largest absolute Gasteiger partial charge is 0.314 e. The lowest BCUT2D eigenvalue weighted by Gasteiger charge is -2.02. The Morgan fingerprint density at radius 2 is 2.31 bits per heavy atom. The lowest BCUT2D eigenvalue weighted by molar-refractivity contribution is 0.665. The Morgan fingerprint density at radius 1 is 1.44 bits per heavy atom. The molecule has 2 aromatic rings. The van der Waals surface area contributed by atoms with Crippen LogP contribution in [0.1, 0.15) is 18.7 Å². The van der Waals surface area contributed by atoms with E-state index in [1.165, 1.54) is 12.8 Å². The molecule has 0 atom stereocenters. The normalized spacial score (nSPS) is 15.8. The molecule has 2 aromatic heterocycles. The van der Waals surface area contributed by atoms with Crippen molar-refractivity contribution in [2.45, 2.75) is 25.3 Å². The first-order chi connectivity index (χ1) is 7.84. The fraction of sp³-hybridized carbons (Fsp3) is 0.417. The minimum absolute atomic E-state index is 0.773. The summed E-state index contributed by atoms with van der Waals surface area (Å²) in [5, 5.41) is 3.51. The Labute approximate surface area is 103 Å². The molecule has 1 fully saturated rings. The molecule has 4 heteroatoms. The number of rotatable bonds is 4. The molecule has 0 unspecified atom stereocenters. The van der Waals surface area contributed by atoms with Gasteiger partial charge in [0.05, 0.1) is 5.52 Å². The number of imidazole rings is 1. The molecule has 0 spiro atoms. The Kier molecular flexibility index (Phi) is 2.69. The summed E-state index contributed by atoms with van der Waals surface area (Å²) >= 11 is 3.50. The monoisotopic (exact) mass is 279 g/mol. The van der Waals surface area contributed by atoms with E-state index in [2.05, 4.69) is 42.9 Å². The second-order valence-corrected chi connectivity index (χ2v) is 5.00. The van der Waals surface area contributed by atoms with Crippen LogP contribution < -0.4 is 5.32 Å². The van der Waals surface area contributed by atoms with Gasteiger partial charge in [0.15, 0.2) is 0 Å². The van der Waals surface area contributed by atoms with Gasteiger partial charge in [-0.1, -0.05) is 6.07 Å². The third-order valence-electron chi connectivity index (χ3n) is 2.94. The Bertz CT molecular complexity index is 502. The zero-order chi connectivity index (χ0) is 11.0. The number of hydrogen-bond donors (Lipinski definition) is 1. The molecule has 3 nitrogen and oxygen atoms in total. The minimum atomic E-state index is 0.773. The van der Waals surface area contributed by atoms with E-state index in [9.17, 15) is 0 Å². The molecule has 3 rings (SSSR count). The molecule has 0 radical (unpaired) electrons. The predicted octanol–water partition coefficient (Wildman–Crippen LogP) is 2.39. The van der Waals surface area contributed by atoms with E-state index in [4.69, 9.17) is 0 Å². The molecular formula is C12H14BrN3. The van der Waals surface area contributed by atoms with Crippen LogP contribution in [-0.2, 0) is 6.42 Å². The number of pyridine rings is 1. The summed E-state index contributed by atoms with van der Waals surface area (Å²) in [7, 11) is 0. The van der Waals surface area contributed by atoms with Crippen LogP contribution in [0, 0.1) is 0 Å². The Balaban J connectivity index is 1.79. The molecule has 0 aromatic carbocycles. The van der Waals surface area contributed by atoms with Gasteiger partial charge in [0.1, 0.15) is 10.4 Å². The van der Waals surface area contributed by atoms with Gasteiger partial charge < -0.3 is 9.72 Å². The van der Waals surface area contributed by atoms with E-state index < -0.39 is 0 Å². The Hall–Kier alpha value is -0.870. The number of fused-ring (bicyclic) bond motifs is 1. The number of nitrogens with zero attached hydrogens (tertiary/aromatic N) is 2. The maximum atomic E-state index is 4.55. The quantitative estimate of drug-likeness (QED) is 0.931. The molecule has 1 N–H and O–H groups in total. The van der Waals surface area contributed by atoms with E-state index in [-0.39, 0.29) is 0 Å². The second-order valence-electron chi connectivity index (χ2n) is 4.25. The molecule has 1 aliphatic carbocycles. The van der Waals surface area contributed by atoms with Crippen LogP contribution in [0.3, 0.4) is 0 Å². The van der Waals surface area contributed by atoms with Gasteiger partial charge in [-0.05, 0) is 40.9 Å². The van der Waals surface area contributed by atoms with Crippen molar-refractivity contribution in [3.8, 4) is 0 Å². The lowest BCUT2D eigenvalue weighted by atomic mass is 10.4. The standard InChI is InChI=1S/C12H14BrN3/c13-12-10-3-1-2-8-16(10)11(15-12)6-7-14-9-4-5-9/h1-3,8-9,14H,4-7H2. The lowest BCUT2D eigenvalue weighted by Crippen LogP contribution is -2.20. The van der Waals surface area contributed by atoms with Crippen molar-refractivity contribution in [2.75, 3.05) is 6.54 Å². The van der Waals surface area contributed by atoms with Gasteiger partial charge in [-0.15, -0.1) is 0 Å². The zero-order valence-electron chi connectivity index (χ0n) is 8.99. The zero-order valence-corrected chi connectivity index (χ0v) is 10.6. The summed E-state index contributed by atoms with van der Waals surface area (Å²) in [6, 6.07) is 6.93. The average Bonchev–Trinajstić information content (AvgIpc) is 3.06. The summed E-state index contributed by atoms with van der Waals surface area (Å²) in [6.07, 6.45) is 5.73. The van der Waals surface area contributed by atoms with Crippen LogP contribution in [0.5, 0.6) is 0 Å². The van der Waals surface area contributed by atoms with Crippen LogP contribution in [0.4, 0.5) is 0 Å². The number of nitrogens with one attached hydrogen (secondary N) is 1. The summed E-state index contributed by atoms with van der Waals surface area (Å²) in [5.74, 6) is 1.12. The van der Waals surface area contributed by atoms with Gasteiger partial charge in [-0.2, -0.15) is 0 Å². The molecule has 2 heterocycles. The van der Waals surface area contributed by atoms with Crippen LogP contribution in [-0.4, -0.2) is 22.0 Å². The molecule has 0 bridgehead atoms. The second kappa shape index (κ2) is 4.18. The van der Waals surface area contributed by atoms with E-state index in [1.54, 1.807) is 0 Å². The van der Waals surface area contributed by atoms with Gasteiger partial charge in [-0.25, -0.2) is 4.98 Å². The molecule has 1 saturated carbocycles. The first-order valence-electron chi connectivity index (χ1n) is 5.69. The third-order valence-corrected chi connectivity index (χ3v) is 3.52. The van der Waals surface area contributed by atoms with Crippen molar-refractivity contribution >= 4 is 21.4 Å². The first-order valence-corrected chi connectivity index (χ1v) is 6.49. The fourth-order valence-corrected chi connectivity index (χ4v) is 2.44.